The lowest BCUT2D eigenvalue weighted by molar-refractivity contribution is -0.143. The minimum Gasteiger partial charge on any atom is -0.493 e. The molecule has 0 saturated heterocycles. The molecule has 2 aromatic carbocycles. The molecule has 0 spiro atoms. The molecule has 34 heavy (non-hydrogen) atoms. The van der Waals surface area contributed by atoms with Gasteiger partial charge in [0, 0.05) is 23.5 Å². The zero-order valence-electron chi connectivity index (χ0n) is 19.2. The topological polar surface area (TPSA) is 118 Å². The van der Waals surface area contributed by atoms with Crippen LogP contribution in [0.5, 0.6) is 17.2 Å². The van der Waals surface area contributed by atoms with Gasteiger partial charge < -0.3 is 30.5 Å². The number of carbonyl (C=O) groups is 1. The number of aryl methyl sites for hydroxylation is 1. The molecule has 8 nitrogen and oxygen atoms in total. The summed E-state index contributed by atoms with van der Waals surface area (Å²) in [7, 11) is 3.14. The summed E-state index contributed by atoms with van der Waals surface area (Å²) in [5.41, 5.74) is 17.0. The van der Waals surface area contributed by atoms with E-state index in [1.54, 1.807) is 21.1 Å². The molecule has 0 aromatic heterocycles. The molecular weight excluding hydrogens is 502 g/mol. The highest BCUT2D eigenvalue weighted by Gasteiger charge is 2.35. The Morgan fingerprint density at radius 3 is 2.76 bits per heavy atom. The minimum atomic E-state index is -0.510. The smallest absolute Gasteiger partial charge is 0.334 e. The Kier molecular flexibility index (Phi) is 6.83. The number of ether oxygens (including phenoxy) is 3. The van der Waals surface area contributed by atoms with Gasteiger partial charge in [-0.15, -0.1) is 0 Å². The van der Waals surface area contributed by atoms with Gasteiger partial charge in [0.2, 0.25) is 0 Å². The number of halogens is 1. The summed E-state index contributed by atoms with van der Waals surface area (Å²) >= 11 is 3.57. The molecule has 1 atom stereocenters. The fourth-order valence-electron chi connectivity index (χ4n) is 4.24. The van der Waals surface area contributed by atoms with Crippen LogP contribution < -0.4 is 25.7 Å². The molecule has 1 aliphatic carbocycles. The highest BCUT2D eigenvalue weighted by molar-refractivity contribution is 9.10. The van der Waals surface area contributed by atoms with Crippen molar-refractivity contribution in [2.75, 3.05) is 14.2 Å². The van der Waals surface area contributed by atoms with E-state index in [1.165, 1.54) is 5.56 Å². The zero-order chi connectivity index (χ0) is 24.4. The summed E-state index contributed by atoms with van der Waals surface area (Å²) in [6.07, 6.45) is 6.22. The van der Waals surface area contributed by atoms with E-state index in [0.29, 0.717) is 27.3 Å². The fourth-order valence-corrected chi connectivity index (χ4v) is 4.86. The van der Waals surface area contributed by atoms with Gasteiger partial charge in [0.1, 0.15) is 5.75 Å². The maximum Gasteiger partial charge on any atom is 0.334 e. The maximum atomic E-state index is 11.7. The molecule has 2 aliphatic rings. The fraction of sp³-hybridized carbons (Fsp3) is 0.280. The van der Waals surface area contributed by atoms with E-state index in [1.807, 2.05) is 18.2 Å². The number of nitrogens with two attached hydrogens (primary N) is 2. The summed E-state index contributed by atoms with van der Waals surface area (Å²) in [6, 6.07) is 7.88. The number of allylic oxidation sites excluding steroid dienone is 1. The standard InChI is InChI=1S/C25H26BrN3O5/c1-4-19(30)34-29-24(27)21-20(14-11-17(26)23(32-3)18(12-14)31-2)16-10-9-13-7-5-6-8-15(13)22(16)33-25(21)28/h6,8-12,20H,4-5,7,28H2,1-3H3,(H2,27,29). The number of amidine groups is 1. The molecule has 4 rings (SSSR count). The predicted octanol–water partition coefficient (Wildman–Crippen LogP) is 4.35. The van der Waals surface area contributed by atoms with Crippen molar-refractivity contribution >= 4 is 33.8 Å². The molecule has 1 heterocycles. The third-order valence-electron chi connectivity index (χ3n) is 5.86. The van der Waals surface area contributed by atoms with Gasteiger partial charge in [0.05, 0.1) is 24.3 Å². The van der Waals surface area contributed by atoms with E-state index in [0.717, 1.165) is 29.5 Å². The molecule has 0 bridgehead atoms. The summed E-state index contributed by atoms with van der Waals surface area (Å²) in [6.45, 7) is 1.67. The lowest BCUT2D eigenvalue weighted by Crippen LogP contribution is -2.31. The monoisotopic (exact) mass is 527 g/mol. The zero-order valence-corrected chi connectivity index (χ0v) is 20.8. The number of nitrogens with zero attached hydrogens (tertiary/aromatic N) is 1. The first-order valence-corrected chi connectivity index (χ1v) is 11.6. The van der Waals surface area contributed by atoms with E-state index in [4.69, 9.17) is 30.5 Å². The molecule has 2 aromatic rings. The highest BCUT2D eigenvalue weighted by Crippen LogP contribution is 2.48. The van der Waals surface area contributed by atoms with Crippen LogP contribution in [0, 0.1) is 0 Å². The molecule has 1 unspecified atom stereocenters. The van der Waals surface area contributed by atoms with Gasteiger partial charge in [0.25, 0.3) is 0 Å². The van der Waals surface area contributed by atoms with E-state index >= 15 is 0 Å². The van der Waals surface area contributed by atoms with Gasteiger partial charge in [-0.3, -0.25) is 0 Å². The van der Waals surface area contributed by atoms with Gasteiger partial charge in [-0.25, -0.2) is 4.79 Å². The van der Waals surface area contributed by atoms with Crippen LogP contribution in [-0.2, 0) is 16.1 Å². The first-order chi connectivity index (χ1) is 16.4. The van der Waals surface area contributed by atoms with Crippen LogP contribution in [-0.4, -0.2) is 26.0 Å². The number of hydrogen-bond donors (Lipinski definition) is 2. The molecular formula is C25H26BrN3O5. The summed E-state index contributed by atoms with van der Waals surface area (Å²) in [5, 5.41) is 3.85. The van der Waals surface area contributed by atoms with Crippen LogP contribution in [0.3, 0.4) is 0 Å². The normalized spacial score (nSPS) is 16.9. The van der Waals surface area contributed by atoms with Crippen molar-refractivity contribution < 1.29 is 23.8 Å². The first-order valence-electron chi connectivity index (χ1n) is 10.8. The molecule has 9 heteroatoms. The van der Waals surface area contributed by atoms with Gasteiger partial charge in [-0.1, -0.05) is 36.4 Å². The number of rotatable bonds is 6. The van der Waals surface area contributed by atoms with Crippen molar-refractivity contribution in [3.05, 3.63) is 68.5 Å². The van der Waals surface area contributed by atoms with Gasteiger partial charge >= 0.3 is 5.97 Å². The predicted molar refractivity (Wildman–Crippen MR) is 133 cm³/mol. The second-order valence-corrected chi connectivity index (χ2v) is 8.70. The number of hydrogen-bond acceptors (Lipinski definition) is 7. The lowest BCUT2D eigenvalue weighted by Gasteiger charge is -2.31. The number of fused-ring (bicyclic) bond motifs is 3. The minimum absolute atomic E-state index is 0.0471. The Morgan fingerprint density at radius 2 is 2.06 bits per heavy atom. The number of oxime groups is 1. The van der Waals surface area contributed by atoms with E-state index in [9.17, 15) is 4.79 Å². The summed E-state index contributed by atoms with van der Waals surface area (Å²) in [4.78, 5) is 16.6. The largest absolute Gasteiger partial charge is 0.493 e. The number of benzene rings is 2. The van der Waals surface area contributed by atoms with E-state index < -0.39 is 11.9 Å². The maximum absolute atomic E-state index is 11.7. The Balaban J connectivity index is 1.94. The quantitative estimate of drug-likeness (QED) is 0.248. The van der Waals surface area contributed by atoms with Crippen LogP contribution in [0.1, 0.15) is 47.9 Å². The molecule has 0 saturated carbocycles. The summed E-state index contributed by atoms with van der Waals surface area (Å²) in [5.74, 6) is 0.823. The Hall–Kier alpha value is -3.46. The molecule has 0 radical (unpaired) electrons. The van der Waals surface area contributed by atoms with Crippen molar-refractivity contribution in [1.29, 1.82) is 0 Å². The highest BCUT2D eigenvalue weighted by atomic mass is 79.9. The average Bonchev–Trinajstić information content (AvgIpc) is 2.85. The van der Waals surface area contributed by atoms with Gasteiger partial charge in [-0.05, 0) is 52.0 Å². The van der Waals surface area contributed by atoms with Crippen LogP contribution >= 0.6 is 15.9 Å². The van der Waals surface area contributed by atoms with Crippen LogP contribution in [0.15, 0.2) is 51.4 Å². The van der Waals surface area contributed by atoms with Crippen molar-refractivity contribution in [2.45, 2.75) is 32.1 Å². The SMILES string of the molecule is CCC(=O)O/N=C(\N)C1=C(N)Oc2c(ccc3c2C=CCC3)C1c1cc(Br)c(OC)c(OC)c1. The third-order valence-corrected chi connectivity index (χ3v) is 6.45. The van der Waals surface area contributed by atoms with Gasteiger partial charge in [0.15, 0.2) is 23.2 Å². The Labute approximate surface area is 206 Å². The summed E-state index contributed by atoms with van der Waals surface area (Å²) < 4.78 is 17.9. The molecule has 0 fully saturated rings. The van der Waals surface area contributed by atoms with Crippen molar-refractivity contribution in [2.24, 2.45) is 16.6 Å². The van der Waals surface area contributed by atoms with Crippen molar-refractivity contribution in [3.8, 4) is 17.2 Å². The molecule has 178 valence electrons. The second-order valence-electron chi connectivity index (χ2n) is 7.84. The lowest BCUT2D eigenvalue weighted by atomic mass is 9.80. The van der Waals surface area contributed by atoms with E-state index in [2.05, 4.69) is 39.3 Å². The Bertz CT molecular complexity index is 1240. The van der Waals surface area contributed by atoms with Crippen molar-refractivity contribution in [1.82, 2.24) is 0 Å². The second kappa shape index (κ2) is 9.80. The Morgan fingerprint density at radius 1 is 1.26 bits per heavy atom. The van der Waals surface area contributed by atoms with Crippen molar-refractivity contribution in [3.63, 3.8) is 0 Å². The van der Waals surface area contributed by atoms with E-state index in [-0.39, 0.29) is 18.1 Å². The first kappa shape index (κ1) is 23.7. The third kappa shape index (κ3) is 4.23. The average molecular weight is 528 g/mol. The van der Waals surface area contributed by atoms with Crippen LogP contribution in [0.25, 0.3) is 6.08 Å². The van der Waals surface area contributed by atoms with Gasteiger partial charge in [-0.2, -0.15) is 0 Å². The molecule has 1 aliphatic heterocycles. The van der Waals surface area contributed by atoms with Crippen LogP contribution in [0.4, 0.5) is 0 Å². The number of carbonyl (C=O) groups excluding carboxylic acids is 1. The molecule has 4 N–H and O–H groups in total. The number of methoxy groups -OCH3 is 2. The molecule has 0 amide bonds. The van der Waals surface area contributed by atoms with Crippen LogP contribution in [0.2, 0.25) is 0 Å².